The number of methoxy groups -OCH3 is 1. The number of amides is 1. The Labute approximate surface area is 215 Å². The molecule has 36 heavy (non-hydrogen) atoms. The summed E-state index contributed by atoms with van der Waals surface area (Å²) < 4.78 is 6.74. The molecule has 0 aliphatic heterocycles. The fourth-order valence-corrected chi connectivity index (χ4v) is 4.78. The average Bonchev–Trinajstić information content (AvgIpc) is 2.92. The Morgan fingerprint density at radius 1 is 1.08 bits per heavy atom. The van der Waals surface area contributed by atoms with Crippen LogP contribution < -0.4 is 10.9 Å². The van der Waals surface area contributed by atoms with Crippen molar-refractivity contribution in [3.8, 4) is 0 Å². The van der Waals surface area contributed by atoms with E-state index < -0.39 is 0 Å². The maximum absolute atomic E-state index is 13.5. The molecule has 1 aromatic heterocycles. The number of hydrogen-bond acceptors (Lipinski definition) is 5. The maximum Gasteiger partial charge on any atom is 0.262 e. The number of nitrogens with one attached hydrogen (secondary N) is 1. The number of aromatic nitrogens is 2. The summed E-state index contributed by atoms with van der Waals surface area (Å²) in [7, 11) is 1.59. The van der Waals surface area contributed by atoms with E-state index in [1.54, 1.807) is 29.9 Å². The maximum atomic E-state index is 13.5. The fraction of sp³-hybridized carbons (Fsp3) is 0.207. The van der Waals surface area contributed by atoms with E-state index in [9.17, 15) is 9.59 Å². The van der Waals surface area contributed by atoms with Crippen molar-refractivity contribution in [3.63, 3.8) is 0 Å². The highest BCUT2D eigenvalue weighted by Gasteiger charge is 2.15. The summed E-state index contributed by atoms with van der Waals surface area (Å²) >= 11 is 1.52. The topological polar surface area (TPSA) is 73.2 Å². The zero-order chi connectivity index (χ0) is 25.3. The number of thioether (sulfide) groups is 1. The fourth-order valence-electron chi connectivity index (χ4n) is 3.80. The number of fused-ring (bicyclic) bond motifs is 1. The molecular weight excluding hydrogens is 470 g/mol. The first kappa shape index (κ1) is 25.4. The molecule has 4 rings (SSSR count). The van der Waals surface area contributed by atoms with Gasteiger partial charge in [-0.3, -0.25) is 14.2 Å². The Kier molecular flexibility index (Phi) is 8.71. The molecule has 0 fully saturated rings. The molecule has 0 aliphatic carbocycles. The van der Waals surface area contributed by atoms with Gasteiger partial charge in [0.15, 0.2) is 5.16 Å². The highest BCUT2D eigenvalue weighted by Crippen LogP contribution is 2.23. The van der Waals surface area contributed by atoms with Crippen LogP contribution in [0.2, 0.25) is 0 Å². The van der Waals surface area contributed by atoms with Crippen molar-refractivity contribution in [3.05, 3.63) is 112 Å². The summed E-state index contributed by atoms with van der Waals surface area (Å²) in [6, 6.07) is 23.3. The molecule has 6 nitrogen and oxygen atoms in total. The third-order valence-corrected chi connectivity index (χ3v) is 6.87. The Balaban J connectivity index is 1.66. The number of hydrogen-bond donors (Lipinski definition) is 1. The highest BCUT2D eigenvalue weighted by atomic mass is 32.2. The molecule has 0 aliphatic rings. The van der Waals surface area contributed by atoms with E-state index in [4.69, 9.17) is 9.72 Å². The lowest BCUT2D eigenvalue weighted by Crippen LogP contribution is -2.27. The van der Waals surface area contributed by atoms with E-state index in [1.165, 1.54) is 11.8 Å². The molecule has 7 heteroatoms. The minimum absolute atomic E-state index is 0.105. The van der Waals surface area contributed by atoms with Crippen molar-refractivity contribution in [1.29, 1.82) is 0 Å². The lowest BCUT2D eigenvalue weighted by molar-refractivity contribution is 0.0937. The summed E-state index contributed by atoms with van der Waals surface area (Å²) in [5.74, 6) is 0.443. The first-order valence-corrected chi connectivity index (χ1v) is 12.8. The largest absolute Gasteiger partial charge is 0.383 e. The van der Waals surface area contributed by atoms with Crippen LogP contribution in [0.15, 0.2) is 89.3 Å². The summed E-state index contributed by atoms with van der Waals surface area (Å²) in [6.07, 6.45) is 2.53. The van der Waals surface area contributed by atoms with Crippen LogP contribution in [-0.2, 0) is 23.5 Å². The Morgan fingerprint density at radius 2 is 1.86 bits per heavy atom. The van der Waals surface area contributed by atoms with Crippen molar-refractivity contribution in [1.82, 2.24) is 14.9 Å². The van der Waals surface area contributed by atoms with Crippen LogP contribution in [0.5, 0.6) is 0 Å². The van der Waals surface area contributed by atoms with Crippen LogP contribution in [0.4, 0.5) is 0 Å². The predicted octanol–water partition coefficient (Wildman–Crippen LogP) is 4.95. The quantitative estimate of drug-likeness (QED) is 0.180. The van der Waals surface area contributed by atoms with Crippen molar-refractivity contribution in [2.24, 2.45) is 0 Å². The first-order chi connectivity index (χ1) is 17.6. The summed E-state index contributed by atoms with van der Waals surface area (Å²) in [5.41, 5.74) is 4.21. The number of nitrogens with zero attached hydrogens (tertiary/aromatic N) is 2. The van der Waals surface area contributed by atoms with Gasteiger partial charge in [-0.2, -0.15) is 0 Å². The summed E-state index contributed by atoms with van der Waals surface area (Å²) in [5, 5.41) is 3.94. The molecule has 0 atom stereocenters. The molecule has 184 valence electrons. The molecule has 1 N–H and O–H groups in total. The average molecular weight is 500 g/mol. The lowest BCUT2D eigenvalue weighted by Gasteiger charge is -2.14. The number of carbonyl (C=O) groups excluding carboxylic acids is 1. The molecular formula is C29H29N3O3S. The van der Waals surface area contributed by atoms with E-state index in [-0.39, 0.29) is 11.5 Å². The van der Waals surface area contributed by atoms with Crippen LogP contribution in [-0.4, -0.2) is 35.7 Å². The van der Waals surface area contributed by atoms with Gasteiger partial charge in [-0.1, -0.05) is 79.0 Å². The van der Waals surface area contributed by atoms with E-state index in [0.29, 0.717) is 47.1 Å². The molecule has 4 aromatic rings. The minimum Gasteiger partial charge on any atom is -0.383 e. The monoisotopic (exact) mass is 499 g/mol. The van der Waals surface area contributed by atoms with Gasteiger partial charge >= 0.3 is 0 Å². The van der Waals surface area contributed by atoms with Crippen LogP contribution in [0, 0.1) is 0 Å². The highest BCUT2D eigenvalue weighted by molar-refractivity contribution is 7.98. The Hall–Kier alpha value is -3.68. The number of ether oxygens (including phenoxy) is 1. The van der Waals surface area contributed by atoms with E-state index in [2.05, 4.69) is 36.2 Å². The molecule has 0 saturated carbocycles. The van der Waals surface area contributed by atoms with E-state index >= 15 is 0 Å². The van der Waals surface area contributed by atoms with Gasteiger partial charge in [-0.05, 0) is 41.3 Å². The molecule has 0 bridgehead atoms. The minimum atomic E-state index is -0.222. The van der Waals surface area contributed by atoms with Crippen LogP contribution >= 0.6 is 11.8 Å². The number of benzene rings is 3. The van der Waals surface area contributed by atoms with E-state index in [0.717, 1.165) is 23.1 Å². The van der Waals surface area contributed by atoms with Gasteiger partial charge in [0.05, 0.1) is 17.5 Å². The predicted molar refractivity (Wildman–Crippen MR) is 146 cm³/mol. The molecule has 0 saturated heterocycles. The third-order valence-electron chi connectivity index (χ3n) is 5.82. The van der Waals surface area contributed by atoms with Gasteiger partial charge in [-0.25, -0.2) is 4.98 Å². The van der Waals surface area contributed by atoms with Gasteiger partial charge in [0.25, 0.3) is 11.5 Å². The SMILES string of the molecule is C=Cc1ccc(CSc2nc3cc(C(=O)NCCOC)ccc3c(=O)n2CCc2ccccc2)cc1. The first-order valence-electron chi connectivity index (χ1n) is 11.8. The zero-order valence-electron chi connectivity index (χ0n) is 20.3. The number of aryl methyl sites for hydroxylation is 1. The number of rotatable bonds is 11. The van der Waals surface area contributed by atoms with Crippen LogP contribution in [0.25, 0.3) is 17.0 Å². The Bertz CT molecular complexity index is 1400. The smallest absolute Gasteiger partial charge is 0.262 e. The van der Waals surface area contributed by atoms with Crippen molar-refractivity contribution in [2.75, 3.05) is 20.3 Å². The second-order valence-corrected chi connectivity index (χ2v) is 9.24. The number of carbonyl (C=O) groups is 1. The van der Waals surface area contributed by atoms with Crippen LogP contribution in [0.3, 0.4) is 0 Å². The third kappa shape index (κ3) is 6.30. The molecule has 0 spiro atoms. The summed E-state index contributed by atoms with van der Waals surface area (Å²) in [4.78, 5) is 30.9. The Morgan fingerprint density at radius 3 is 2.58 bits per heavy atom. The van der Waals surface area contributed by atoms with Gasteiger partial charge in [-0.15, -0.1) is 0 Å². The lowest BCUT2D eigenvalue weighted by atomic mass is 10.1. The summed E-state index contributed by atoms with van der Waals surface area (Å²) in [6.45, 7) is 5.16. The zero-order valence-corrected chi connectivity index (χ0v) is 21.1. The molecule has 1 heterocycles. The van der Waals surface area contributed by atoms with Crippen molar-refractivity contribution < 1.29 is 9.53 Å². The van der Waals surface area contributed by atoms with Crippen molar-refractivity contribution in [2.45, 2.75) is 23.9 Å². The second-order valence-electron chi connectivity index (χ2n) is 8.30. The van der Waals surface area contributed by atoms with Gasteiger partial charge < -0.3 is 10.1 Å². The second kappa shape index (κ2) is 12.3. The molecule has 0 unspecified atom stereocenters. The molecule has 3 aromatic carbocycles. The van der Waals surface area contributed by atoms with E-state index in [1.807, 2.05) is 36.4 Å². The normalized spacial score (nSPS) is 10.9. The van der Waals surface area contributed by atoms with Crippen LogP contribution in [0.1, 0.15) is 27.0 Å². The molecule has 1 amide bonds. The van der Waals surface area contributed by atoms with Crippen molar-refractivity contribution >= 4 is 34.6 Å². The standard InChI is InChI=1S/C29H29N3O3S/c1-3-21-9-11-23(12-10-21)20-36-29-31-26-19-24(27(33)30-16-18-35-2)13-14-25(26)28(34)32(29)17-15-22-7-5-4-6-8-22/h3-14,19H,1,15-18,20H2,2H3,(H,30,33). The van der Waals surface area contributed by atoms with Gasteiger partial charge in [0, 0.05) is 31.5 Å². The van der Waals surface area contributed by atoms with Gasteiger partial charge in [0.1, 0.15) is 0 Å². The molecule has 0 radical (unpaired) electrons. The van der Waals surface area contributed by atoms with Gasteiger partial charge in [0.2, 0.25) is 0 Å².